The van der Waals surface area contributed by atoms with Crippen molar-refractivity contribution in [1.82, 2.24) is 4.31 Å². The van der Waals surface area contributed by atoms with Crippen LogP contribution in [0, 0.1) is 11.3 Å². The van der Waals surface area contributed by atoms with Gasteiger partial charge in [-0.05, 0) is 30.3 Å². The van der Waals surface area contributed by atoms with Gasteiger partial charge in [0.2, 0.25) is 10.0 Å². The Balaban J connectivity index is 1.64. The Morgan fingerprint density at radius 2 is 1.87 bits per heavy atom. The lowest BCUT2D eigenvalue weighted by molar-refractivity contribution is -0.119. The molecule has 2 aromatic carbocycles. The highest BCUT2D eigenvalue weighted by Crippen LogP contribution is 2.19. The highest BCUT2D eigenvalue weighted by molar-refractivity contribution is 7.89. The Bertz CT molecular complexity index is 1090. The Labute approximate surface area is 173 Å². The minimum atomic E-state index is -3.76. The van der Waals surface area contributed by atoms with E-state index in [4.69, 9.17) is 14.7 Å². The lowest BCUT2D eigenvalue weighted by atomic mass is 10.2. The van der Waals surface area contributed by atoms with Crippen molar-refractivity contribution in [2.45, 2.75) is 4.90 Å². The molecule has 1 amide bonds. The number of nitrogens with zero attached hydrogens (tertiary/aromatic N) is 2. The second-order valence-electron chi connectivity index (χ2n) is 6.33. The predicted molar refractivity (Wildman–Crippen MR) is 106 cm³/mol. The number of nitriles is 1. The number of benzene rings is 2. The number of ether oxygens (including phenoxy) is 2. The molecular weight excluding hydrogens is 410 g/mol. The van der Waals surface area contributed by atoms with Gasteiger partial charge in [0, 0.05) is 13.1 Å². The first kappa shape index (κ1) is 21.4. The van der Waals surface area contributed by atoms with Crippen molar-refractivity contribution in [3.63, 3.8) is 0 Å². The molecule has 9 nitrogen and oxygen atoms in total. The highest BCUT2D eigenvalue weighted by Gasteiger charge is 2.27. The van der Waals surface area contributed by atoms with E-state index in [1.54, 1.807) is 24.3 Å². The van der Waals surface area contributed by atoms with Crippen LogP contribution in [-0.2, 0) is 24.3 Å². The van der Waals surface area contributed by atoms with E-state index in [2.05, 4.69) is 5.32 Å². The molecular formula is C20H19N3O6S. The van der Waals surface area contributed by atoms with E-state index in [0.29, 0.717) is 18.9 Å². The maximum atomic E-state index is 12.7. The summed E-state index contributed by atoms with van der Waals surface area (Å²) in [6, 6.07) is 13.8. The minimum absolute atomic E-state index is 0.00885. The van der Waals surface area contributed by atoms with E-state index in [-0.39, 0.29) is 29.1 Å². The van der Waals surface area contributed by atoms with Gasteiger partial charge in [-0.25, -0.2) is 13.2 Å². The molecule has 0 saturated carbocycles. The maximum absolute atomic E-state index is 12.7. The molecule has 0 bridgehead atoms. The monoisotopic (exact) mass is 429 g/mol. The average Bonchev–Trinajstić information content (AvgIpc) is 2.78. The zero-order valence-electron chi connectivity index (χ0n) is 15.9. The highest BCUT2D eigenvalue weighted by atomic mass is 32.2. The van der Waals surface area contributed by atoms with E-state index in [9.17, 15) is 18.0 Å². The summed E-state index contributed by atoms with van der Waals surface area (Å²) in [6.45, 7) is 0.512. The van der Waals surface area contributed by atoms with Crippen LogP contribution in [0.4, 0.5) is 5.69 Å². The molecule has 156 valence electrons. The number of carbonyl (C=O) groups is 2. The molecule has 1 aliphatic heterocycles. The number of hydrogen-bond donors (Lipinski definition) is 1. The van der Waals surface area contributed by atoms with Crippen LogP contribution in [0.15, 0.2) is 53.4 Å². The third kappa shape index (κ3) is 5.01. The van der Waals surface area contributed by atoms with Gasteiger partial charge in [0.25, 0.3) is 5.91 Å². The normalized spacial score (nSPS) is 14.5. The third-order valence-corrected chi connectivity index (χ3v) is 6.23. The Kier molecular flexibility index (Phi) is 6.79. The topological polar surface area (TPSA) is 126 Å². The SMILES string of the molecule is N#Cc1ccccc1NC(=O)COC(=O)c1cccc(S(=O)(=O)N2CCOCC2)c1. The van der Waals surface area contributed by atoms with E-state index in [1.807, 2.05) is 6.07 Å². The van der Waals surface area contributed by atoms with Crippen molar-refractivity contribution >= 4 is 27.6 Å². The third-order valence-electron chi connectivity index (χ3n) is 4.33. The number of nitrogens with one attached hydrogen (secondary N) is 1. The standard InChI is InChI=1S/C20H19N3O6S/c21-13-16-4-1-2-7-18(16)22-19(24)14-29-20(25)15-5-3-6-17(12-15)30(26,27)23-8-10-28-11-9-23/h1-7,12H,8-11,14H2,(H,22,24). The van der Waals surface area contributed by atoms with Crippen LogP contribution < -0.4 is 5.32 Å². The molecule has 1 heterocycles. The largest absolute Gasteiger partial charge is 0.452 e. The second kappa shape index (κ2) is 9.49. The molecule has 0 unspecified atom stereocenters. The molecule has 1 saturated heterocycles. The minimum Gasteiger partial charge on any atom is -0.452 e. The fraction of sp³-hybridized carbons (Fsp3) is 0.250. The van der Waals surface area contributed by atoms with Crippen molar-refractivity contribution in [2.24, 2.45) is 0 Å². The number of rotatable bonds is 6. The van der Waals surface area contributed by atoms with Gasteiger partial charge in [-0.2, -0.15) is 9.57 Å². The van der Waals surface area contributed by atoms with Crippen LogP contribution in [0.5, 0.6) is 0 Å². The van der Waals surface area contributed by atoms with Crippen molar-refractivity contribution < 1.29 is 27.5 Å². The van der Waals surface area contributed by atoms with Crippen LogP contribution in [-0.4, -0.2) is 57.5 Å². The number of para-hydroxylation sites is 1. The van der Waals surface area contributed by atoms with Gasteiger partial charge in [0.15, 0.2) is 6.61 Å². The van der Waals surface area contributed by atoms with E-state index < -0.39 is 28.5 Å². The summed E-state index contributed by atoms with van der Waals surface area (Å²) in [5.41, 5.74) is 0.590. The molecule has 0 radical (unpaired) electrons. The van der Waals surface area contributed by atoms with Gasteiger partial charge >= 0.3 is 5.97 Å². The first-order valence-electron chi connectivity index (χ1n) is 9.06. The molecule has 10 heteroatoms. The summed E-state index contributed by atoms with van der Waals surface area (Å²) < 4.78 is 36.9. The van der Waals surface area contributed by atoms with Gasteiger partial charge < -0.3 is 14.8 Å². The average molecular weight is 429 g/mol. The molecule has 0 aliphatic carbocycles. The number of amides is 1. The van der Waals surface area contributed by atoms with E-state index >= 15 is 0 Å². The first-order valence-corrected chi connectivity index (χ1v) is 10.5. The first-order chi connectivity index (χ1) is 14.4. The summed E-state index contributed by atoms with van der Waals surface area (Å²) in [6.07, 6.45) is 0. The van der Waals surface area contributed by atoms with Gasteiger partial charge in [-0.15, -0.1) is 0 Å². The quantitative estimate of drug-likeness (QED) is 0.688. The van der Waals surface area contributed by atoms with E-state index in [0.717, 1.165) is 0 Å². The van der Waals surface area contributed by atoms with Gasteiger partial charge in [-0.3, -0.25) is 4.79 Å². The van der Waals surface area contributed by atoms with Crippen molar-refractivity contribution in [3.8, 4) is 6.07 Å². The Morgan fingerprint density at radius 3 is 2.60 bits per heavy atom. The van der Waals surface area contributed by atoms with Crippen LogP contribution in [0.25, 0.3) is 0 Å². The molecule has 0 aromatic heterocycles. The van der Waals surface area contributed by atoms with Crippen molar-refractivity contribution in [1.29, 1.82) is 5.26 Å². The van der Waals surface area contributed by atoms with Crippen molar-refractivity contribution in [3.05, 3.63) is 59.7 Å². The van der Waals surface area contributed by atoms with Crippen LogP contribution >= 0.6 is 0 Å². The Morgan fingerprint density at radius 1 is 1.13 bits per heavy atom. The van der Waals surface area contributed by atoms with Crippen molar-refractivity contribution in [2.75, 3.05) is 38.2 Å². The lowest BCUT2D eigenvalue weighted by Gasteiger charge is -2.26. The lowest BCUT2D eigenvalue weighted by Crippen LogP contribution is -2.40. The smallest absolute Gasteiger partial charge is 0.338 e. The second-order valence-corrected chi connectivity index (χ2v) is 8.26. The zero-order chi connectivity index (χ0) is 21.6. The van der Waals surface area contributed by atoms with Crippen LogP contribution in [0.1, 0.15) is 15.9 Å². The molecule has 30 heavy (non-hydrogen) atoms. The number of hydrogen-bond acceptors (Lipinski definition) is 7. The molecule has 0 atom stereocenters. The fourth-order valence-electron chi connectivity index (χ4n) is 2.81. The summed E-state index contributed by atoms with van der Waals surface area (Å²) in [5.74, 6) is -1.46. The summed E-state index contributed by atoms with van der Waals surface area (Å²) in [7, 11) is -3.76. The summed E-state index contributed by atoms with van der Waals surface area (Å²) in [5, 5.41) is 11.5. The number of sulfonamides is 1. The number of morpholine rings is 1. The van der Waals surface area contributed by atoms with Gasteiger partial charge in [0.05, 0.1) is 34.9 Å². The fourth-order valence-corrected chi connectivity index (χ4v) is 4.26. The predicted octanol–water partition coefficient (Wildman–Crippen LogP) is 1.37. The van der Waals surface area contributed by atoms with Crippen LogP contribution in [0.2, 0.25) is 0 Å². The molecule has 1 fully saturated rings. The molecule has 0 spiro atoms. The Hall–Kier alpha value is -3.26. The molecule has 3 rings (SSSR count). The summed E-state index contributed by atoms with van der Waals surface area (Å²) >= 11 is 0. The maximum Gasteiger partial charge on any atom is 0.338 e. The van der Waals surface area contributed by atoms with Crippen LogP contribution in [0.3, 0.4) is 0 Å². The molecule has 1 aliphatic rings. The zero-order valence-corrected chi connectivity index (χ0v) is 16.7. The number of esters is 1. The molecule has 2 aromatic rings. The van der Waals surface area contributed by atoms with Gasteiger partial charge in [-0.1, -0.05) is 18.2 Å². The number of carbonyl (C=O) groups excluding carboxylic acids is 2. The van der Waals surface area contributed by atoms with Gasteiger partial charge in [0.1, 0.15) is 6.07 Å². The summed E-state index contributed by atoms with van der Waals surface area (Å²) in [4.78, 5) is 24.3. The van der Waals surface area contributed by atoms with E-state index in [1.165, 1.54) is 28.6 Å². The molecule has 1 N–H and O–H groups in total. The number of anilines is 1.